The molecule has 0 bridgehead atoms. The van der Waals surface area contributed by atoms with E-state index in [-0.39, 0.29) is 0 Å². The Hall–Kier alpha value is -1.48. The second kappa shape index (κ2) is 3.11. The van der Waals surface area contributed by atoms with Crippen molar-refractivity contribution in [1.29, 1.82) is 0 Å². The van der Waals surface area contributed by atoms with Crippen molar-refractivity contribution >= 4 is 17.3 Å². The minimum Gasteiger partial charge on any atom is -0.396 e. The molecule has 1 heterocycles. The first-order valence-electron chi connectivity index (χ1n) is 3.83. The summed E-state index contributed by atoms with van der Waals surface area (Å²) < 4.78 is 1.68. The van der Waals surface area contributed by atoms with Gasteiger partial charge in [-0.15, -0.1) is 0 Å². The summed E-state index contributed by atoms with van der Waals surface area (Å²) in [6.07, 6.45) is 3.52. The molecule has 0 aliphatic heterocycles. The van der Waals surface area contributed by atoms with Gasteiger partial charge >= 0.3 is 0 Å². The van der Waals surface area contributed by atoms with Crippen LogP contribution in [0.25, 0.3) is 5.69 Å². The molecule has 0 saturated carbocycles. The number of nitrogens with zero attached hydrogens (tertiary/aromatic N) is 2. The lowest BCUT2D eigenvalue weighted by atomic mass is 10.3. The van der Waals surface area contributed by atoms with Gasteiger partial charge in [0.15, 0.2) is 0 Å². The van der Waals surface area contributed by atoms with Gasteiger partial charge in [0.1, 0.15) is 0 Å². The monoisotopic (exact) mass is 193 g/mol. The fourth-order valence-electron chi connectivity index (χ4n) is 1.14. The summed E-state index contributed by atoms with van der Waals surface area (Å²) >= 11 is 5.86. The van der Waals surface area contributed by atoms with Crippen molar-refractivity contribution in [2.24, 2.45) is 0 Å². The van der Waals surface area contributed by atoms with Crippen LogP contribution in [0.2, 0.25) is 5.02 Å². The summed E-state index contributed by atoms with van der Waals surface area (Å²) in [4.78, 5) is 0. The van der Waals surface area contributed by atoms with Crippen LogP contribution in [0.4, 0.5) is 5.69 Å². The highest BCUT2D eigenvalue weighted by Gasteiger charge is 2.03. The number of halogens is 1. The van der Waals surface area contributed by atoms with Crippen LogP contribution in [-0.4, -0.2) is 9.78 Å². The molecule has 1 aromatic carbocycles. The Bertz CT molecular complexity index is 409. The Morgan fingerprint density at radius 1 is 1.31 bits per heavy atom. The highest BCUT2D eigenvalue weighted by molar-refractivity contribution is 6.33. The molecule has 0 amide bonds. The van der Waals surface area contributed by atoms with Crippen molar-refractivity contribution in [1.82, 2.24) is 9.78 Å². The van der Waals surface area contributed by atoms with E-state index in [1.165, 1.54) is 0 Å². The molecule has 3 nitrogen and oxygen atoms in total. The number of rotatable bonds is 1. The maximum atomic E-state index is 5.86. The zero-order valence-electron chi connectivity index (χ0n) is 6.81. The van der Waals surface area contributed by atoms with E-state index >= 15 is 0 Å². The molecule has 0 aliphatic carbocycles. The largest absolute Gasteiger partial charge is 0.396 e. The Balaban J connectivity index is 2.59. The highest BCUT2D eigenvalue weighted by Crippen LogP contribution is 2.24. The zero-order chi connectivity index (χ0) is 9.26. The molecular formula is C9H8ClN3. The molecule has 0 unspecified atom stereocenters. The lowest BCUT2D eigenvalue weighted by molar-refractivity contribution is 0.883. The fraction of sp³-hybridized carbons (Fsp3) is 0. The third kappa shape index (κ3) is 1.38. The number of anilines is 1. The molecule has 0 aliphatic rings. The summed E-state index contributed by atoms with van der Waals surface area (Å²) in [5, 5.41) is 4.62. The molecule has 0 saturated heterocycles. The van der Waals surface area contributed by atoms with Gasteiger partial charge in [0, 0.05) is 12.4 Å². The molecule has 4 heteroatoms. The maximum Gasteiger partial charge on any atom is 0.0890 e. The van der Waals surface area contributed by atoms with Crippen molar-refractivity contribution in [3.8, 4) is 5.69 Å². The maximum absolute atomic E-state index is 5.86. The average molecular weight is 194 g/mol. The topological polar surface area (TPSA) is 43.8 Å². The Kier molecular flexibility index (Phi) is 1.94. The second-order valence-corrected chi connectivity index (χ2v) is 3.03. The van der Waals surface area contributed by atoms with E-state index in [9.17, 15) is 0 Å². The van der Waals surface area contributed by atoms with Crippen LogP contribution in [0, 0.1) is 0 Å². The first-order valence-corrected chi connectivity index (χ1v) is 4.21. The Morgan fingerprint density at radius 2 is 2.15 bits per heavy atom. The molecule has 1 aromatic heterocycles. The van der Waals surface area contributed by atoms with Crippen molar-refractivity contribution in [2.45, 2.75) is 0 Å². The SMILES string of the molecule is Nc1c(Cl)cccc1-n1cccn1. The summed E-state index contributed by atoms with van der Waals surface area (Å²) in [7, 11) is 0. The lowest BCUT2D eigenvalue weighted by Crippen LogP contribution is -2.00. The number of para-hydroxylation sites is 1. The molecule has 13 heavy (non-hydrogen) atoms. The first-order chi connectivity index (χ1) is 6.29. The summed E-state index contributed by atoms with van der Waals surface area (Å²) in [5.74, 6) is 0. The van der Waals surface area contributed by atoms with Gasteiger partial charge in [-0.25, -0.2) is 4.68 Å². The fourth-order valence-corrected chi connectivity index (χ4v) is 1.31. The van der Waals surface area contributed by atoms with Crippen molar-refractivity contribution in [3.63, 3.8) is 0 Å². The standard InChI is InChI=1S/C9H8ClN3/c10-7-3-1-4-8(9(7)11)13-6-2-5-12-13/h1-6H,11H2. The molecule has 0 spiro atoms. The van der Waals surface area contributed by atoms with E-state index in [4.69, 9.17) is 17.3 Å². The number of hydrogen-bond donors (Lipinski definition) is 1. The summed E-state index contributed by atoms with van der Waals surface area (Å²) in [6, 6.07) is 7.30. The normalized spacial score (nSPS) is 10.2. The summed E-state index contributed by atoms with van der Waals surface area (Å²) in [6.45, 7) is 0. The quantitative estimate of drug-likeness (QED) is 0.705. The van der Waals surface area contributed by atoms with Gasteiger partial charge in [-0.05, 0) is 18.2 Å². The number of nitrogen functional groups attached to an aromatic ring is 1. The van der Waals surface area contributed by atoms with Gasteiger partial charge in [-0.3, -0.25) is 0 Å². The van der Waals surface area contributed by atoms with E-state index in [0.29, 0.717) is 10.7 Å². The van der Waals surface area contributed by atoms with Gasteiger partial charge in [-0.1, -0.05) is 17.7 Å². The van der Waals surface area contributed by atoms with Gasteiger partial charge < -0.3 is 5.73 Å². The molecule has 2 aromatic rings. The van der Waals surface area contributed by atoms with Crippen LogP contribution < -0.4 is 5.73 Å². The van der Waals surface area contributed by atoms with Crippen LogP contribution in [0.1, 0.15) is 0 Å². The average Bonchev–Trinajstić information content (AvgIpc) is 2.62. The van der Waals surface area contributed by atoms with Crippen LogP contribution in [0.15, 0.2) is 36.7 Å². The summed E-state index contributed by atoms with van der Waals surface area (Å²) in [5.41, 5.74) is 7.13. The minimum absolute atomic E-state index is 0.549. The Morgan fingerprint density at radius 3 is 2.85 bits per heavy atom. The third-order valence-electron chi connectivity index (χ3n) is 1.78. The van der Waals surface area contributed by atoms with E-state index in [1.54, 1.807) is 16.9 Å². The second-order valence-electron chi connectivity index (χ2n) is 2.62. The molecule has 0 atom stereocenters. The van der Waals surface area contributed by atoms with Crippen LogP contribution in [0.5, 0.6) is 0 Å². The molecule has 0 fully saturated rings. The third-order valence-corrected chi connectivity index (χ3v) is 2.11. The smallest absolute Gasteiger partial charge is 0.0890 e. The zero-order valence-corrected chi connectivity index (χ0v) is 7.57. The minimum atomic E-state index is 0.549. The van der Waals surface area contributed by atoms with Crippen molar-refractivity contribution in [2.75, 3.05) is 5.73 Å². The molecule has 66 valence electrons. The van der Waals surface area contributed by atoms with Gasteiger partial charge in [0.25, 0.3) is 0 Å². The van der Waals surface area contributed by atoms with E-state index in [1.807, 2.05) is 24.4 Å². The molecule has 2 rings (SSSR count). The lowest BCUT2D eigenvalue weighted by Gasteiger charge is -2.05. The number of hydrogen-bond acceptors (Lipinski definition) is 2. The van der Waals surface area contributed by atoms with E-state index in [0.717, 1.165) is 5.69 Å². The molecular weight excluding hydrogens is 186 g/mol. The molecule has 0 radical (unpaired) electrons. The highest BCUT2D eigenvalue weighted by atomic mass is 35.5. The van der Waals surface area contributed by atoms with Crippen molar-refractivity contribution < 1.29 is 0 Å². The first kappa shape index (κ1) is 8.13. The number of nitrogens with two attached hydrogens (primary N) is 1. The Labute approximate surface area is 80.7 Å². The number of aromatic nitrogens is 2. The molecule has 2 N–H and O–H groups in total. The van der Waals surface area contributed by atoms with E-state index < -0.39 is 0 Å². The van der Waals surface area contributed by atoms with Crippen LogP contribution in [-0.2, 0) is 0 Å². The van der Waals surface area contributed by atoms with Gasteiger partial charge in [0.2, 0.25) is 0 Å². The van der Waals surface area contributed by atoms with E-state index in [2.05, 4.69) is 5.10 Å². The van der Waals surface area contributed by atoms with Gasteiger partial charge in [0.05, 0.1) is 16.4 Å². The van der Waals surface area contributed by atoms with Crippen LogP contribution in [0.3, 0.4) is 0 Å². The predicted octanol–water partition coefficient (Wildman–Crippen LogP) is 2.11. The van der Waals surface area contributed by atoms with Crippen LogP contribution >= 0.6 is 11.6 Å². The van der Waals surface area contributed by atoms with Crippen molar-refractivity contribution in [3.05, 3.63) is 41.7 Å². The van der Waals surface area contributed by atoms with Gasteiger partial charge in [-0.2, -0.15) is 5.10 Å². The number of benzene rings is 1. The predicted molar refractivity (Wildman–Crippen MR) is 53.0 cm³/mol.